The Labute approximate surface area is 189 Å². The average molecular weight is 437 g/mol. The van der Waals surface area contributed by atoms with Crippen LogP contribution in [0.25, 0.3) is 10.9 Å². The molecule has 0 aliphatic rings. The number of aryl methyl sites for hydroxylation is 1. The van der Waals surface area contributed by atoms with Gasteiger partial charge in [-0.2, -0.15) is 0 Å². The molecule has 1 unspecified atom stereocenters. The summed E-state index contributed by atoms with van der Waals surface area (Å²) in [5, 5.41) is 13.1. The summed E-state index contributed by atoms with van der Waals surface area (Å²) in [6.07, 6.45) is 1.43. The smallest absolute Gasteiger partial charge is 0.315 e. The van der Waals surface area contributed by atoms with Crippen molar-refractivity contribution in [1.82, 2.24) is 10.3 Å². The lowest BCUT2D eigenvalue weighted by Crippen LogP contribution is -2.35. The first-order valence-corrected chi connectivity index (χ1v) is 11.0. The van der Waals surface area contributed by atoms with Gasteiger partial charge in [-0.25, -0.2) is 0 Å². The van der Waals surface area contributed by atoms with Crippen molar-refractivity contribution >= 4 is 16.9 Å². The molecular formula is C26H32N2O4. The highest BCUT2D eigenvalue weighted by Gasteiger charge is 2.35. The van der Waals surface area contributed by atoms with E-state index in [0.717, 1.165) is 46.4 Å². The van der Waals surface area contributed by atoms with Crippen molar-refractivity contribution in [3.05, 3.63) is 71.4 Å². The molecule has 0 saturated heterocycles. The standard InChI is InChI=1S/C26H32N2O4/c1-19-17-20(23-7-4-5-8-24(23)28-19)18-32-22-11-9-21(10-12-22)26(2,25(30)31-3)13-6-14-27-15-16-29/h4-5,7-12,17,27,29H,6,13-16,18H2,1-3H3. The number of benzene rings is 2. The number of nitrogens with zero attached hydrogens (tertiary/aromatic N) is 1. The van der Waals surface area contributed by atoms with E-state index in [2.05, 4.69) is 22.4 Å². The largest absolute Gasteiger partial charge is 0.489 e. The SMILES string of the molecule is COC(=O)C(C)(CCCNCCO)c1ccc(OCc2cc(C)nc3ccccc23)cc1. The van der Waals surface area contributed by atoms with Crippen LogP contribution in [0.1, 0.15) is 36.6 Å². The van der Waals surface area contributed by atoms with Crippen molar-refractivity contribution in [3.63, 3.8) is 0 Å². The number of carbonyl (C=O) groups is 1. The number of hydrogen-bond donors (Lipinski definition) is 2. The van der Waals surface area contributed by atoms with Gasteiger partial charge in [0.1, 0.15) is 12.4 Å². The maximum Gasteiger partial charge on any atom is 0.315 e. The number of nitrogens with one attached hydrogen (secondary N) is 1. The molecule has 2 aromatic carbocycles. The fourth-order valence-corrected chi connectivity index (χ4v) is 3.95. The van der Waals surface area contributed by atoms with Gasteiger partial charge in [-0.15, -0.1) is 0 Å². The fourth-order valence-electron chi connectivity index (χ4n) is 3.95. The van der Waals surface area contributed by atoms with Crippen molar-refractivity contribution < 1.29 is 19.4 Å². The summed E-state index contributed by atoms with van der Waals surface area (Å²) in [5.41, 5.74) is 3.16. The van der Waals surface area contributed by atoms with Crippen LogP contribution in [0.15, 0.2) is 54.6 Å². The Morgan fingerprint density at radius 2 is 1.88 bits per heavy atom. The van der Waals surface area contributed by atoms with Gasteiger partial charge >= 0.3 is 5.97 Å². The Hall–Kier alpha value is -2.96. The van der Waals surface area contributed by atoms with Gasteiger partial charge < -0.3 is 19.9 Å². The molecule has 0 radical (unpaired) electrons. The number of para-hydroxylation sites is 1. The van der Waals surface area contributed by atoms with E-state index in [4.69, 9.17) is 14.6 Å². The third-order valence-electron chi connectivity index (χ3n) is 5.77. The molecule has 170 valence electrons. The number of carbonyl (C=O) groups excluding carboxylic acids is 1. The minimum Gasteiger partial charge on any atom is -0.489 e. The van der Waals surface area contributed by atoms with Crippen LogP contribution in [0.2, 0.25) is 0 Å². The Bertz CT molecular complexity index is 1040. The second-order valence-electron chi connectivity index (χ2n) is 8.15. The van der Waals surface area contributed by atoms with Crippen LogP contribution < -0.4 is 10.1 Å². The van der Waals surface area contributed by atoms with Crippen molar-refractivity contribution in [2.45, 2.75) is 38.7 Å². The maximum absolute atomic E-state index is 12.6. The van der Waals surface area contributed by atoms with E-state index in [1.807, 2.05) is 56.3 Å². The number of ether oxygens (including phenoxy) is 2. The minimum atomic E-state index is -0.743. The Morgan fingerprint density at radius 1 is 1.12 bits per heavy atom. The van der Waals surface area contributed by atoms with Crippen molar-refractivity contribution in [2.75, 3.05) is 26.8 Å². The maximum atomic E-state index is 12.6. The highest BCUT2D eigenvalue weighted by molar-refractivity contribution is 5.83. The van der Waals surface area contributed by atoms with E-state index in [1.54, 1.807) is 0 Å². The molecule has 1 heterocycles. The molecule has 1 aromatic heterocycles. The van der Waals surface area contributed by atoms with Gasteiger partial charge in [0.15, 0.2) is 0 Å². The molecule has 0 spiro atoms. The first-order chi connectivity index (χ1) is 15.5. The number of methoxy groups -OCH3 is 1. The van der Waals surface area contributed by atoms with Gasteiger partial charge in [-0.1, -0.05) is 30.3 Å². The number of aliphatic hydroxyl groups excluding tert-OH is 1. The molecule has 1 atom stereocenters. The molecule has 0 bridgehead atoms. The highest BCUT2D eigenvalue weighted by Crippen LogP contribution is 2.32. The quantitative estimate of drug-likeness (QED) is 0.350. The van der Waals surface area contributed by atoms with Crippen molar-refractivity contribution in [1.29, 1.82) is 0 Å². The zero-order valence-electron chi connectivity index (χ0n) is 19.1. The predicted octanol–water partition coefficient (Wildman–Crippen LogP) is 3.92. The lowest BCUT2D eigenvalue weighted by molar-refractivity contribution is -0.147. The lowest BCUT2D eigenvalue weighted by Gasteiger charge is -2.27. The van der Waals surface area contributed by atoms with Gasteiger partial charge in [0.05, 0.1) is 24.6 Å². The van der Waals surface area contributed by atoms with Crippen LogP contribution in [-0.4, -0.2) is 42.9 Å². The number of esters is 1. The topological polar surface area (TPSA) is 80.7 Å². The molecule has 6 heteroatoms. The van der Waals surface area contributed by atoms with Crippen molar-refractivity contribution in [3.8, 4) is 5.75 Å². The number of aromatic nitrogens is 1. The van der Waals surface area contributed by atoms with Crippen LogP contribution in [0.3, 0.4) is 0 Å². The normalized spacial score (nSPS) is 13.0. The molecule has 0 saturated carbocycles. The Balaban J connectivity index is 1.71. The van der Waals surface area contributed by atoms with E-state index in [-0.39, 0.29) is 12.6 Å². The number of aliphatic hydroxyl groups is 1. The summed E-state index contributed by atoms with van der Waals surface area (Å²) in [6.45, 7) is 5.71. The second kappa shape index (κ2) is 11.1. The third-order valence-corrected chi connectivity index (χ3v) is 5.77. The van der Waals surface area contributed by atoms with Crippen LogP contribution in [0.4, 0.5) is 0 Å². The number of fused-ring (bicyclic) bond motifs is 1. The van der Waals surface area contributed by atoms with Crippen LogP contribution in [0.5, 0.6) is 5.75 Å². The summed E-state index contributed by atoms with van der Waals surface area (Å²) in [6, 6.07) is 17.8. The minimum absolute atomic E-state index is 0.102. The number of hydrogen-bond acceptors (Lipinski definition) is 6. The highest BCUT2D eigenvalue weighted by atomic mass is 16.5. The van der Waals surface area contributed by atoms with Crippen LogP contribution in [-0.2, 0) is 21.6 Å². The van der Waals surface area contributed by atoms with Crippen LogP contribution >= 0.6 is 0 Å². The molecule has 6 nitrogen and oxygen atoms in total. The Morgan fingerprint density at radius 3 is 2.59 bits per heavy atom. The van der Waals surface area contributed by atoms with E-state index >= 15 is 0 Å². The molecule has 0 amide bonds. The summed E-state index contributed by atoms with van der Waals surface area (Å²) < 4.78 is 11.2. The number of pyridine rings is 1. The van der Waals surface area contributed by atoms with E-state index in [9.17, 15) is 4.79 Å². The average Bonchev–Trinajstić information content (AvgIpc) is 2.81. The van der Waals surface area contributed by atoms with Gasteiger partial charge in [-0.05, 0) is 63.1 Å². The third kappa shape index (κ3) is 5.64. The molecule has 3 aromatic rings. The molecule has 2 N–H and O–H groups in total. The van der Waals surface area contributed by atoms with Crippen molar-refractivity contribution in [2.24, 2.45) is 0 Å². The molecule has 3 rings (SSSR count). The van der Waals surface area contributed by atoms with Gasteiger partial charge in [0.2, 0.25) is 0 Å². The summed E-state index contributed by atoms with van der Waals surface area (Å²) in [4.78, 5) is 17.2. The zero-order valence-corrected chi connectivity index (χ0v) is 19.1. The van der Waals surface area contributed by atoms with E-state index in [0.29, 0.717) is 19.6 Å². The van der Waals surface area contributed by atoms with Crippen LogP contribution in [0, 0.1) is 6.92 Å². The molecular weight excluding hydrogens is 404 g/mol. The van der Waals surface area contributed by atoms with Gasteiger partial charge in [0, 0.05) is 23.2 Å². The number of rotatable bonds is 11. The summed E-state index contributed by atoms with van der Waals surface area (Å²) >= 11 is 0. The summed E-state index contributed by atoms with van der Waals surface area (Å²) in [7, 11) is 1.42. The summed E-state index contributed by atoms with van der Waals surface area (Å²) in [5.74, 6) is 0.483. The van der Waals surface area contributed by atoms with Gasteiger partial charge in [0.25, 0.3) is 0 Å². The second-order valence-corrected chi connectivity index (χ2v) is 8.15. The lowest BCUT2D eigenvalue weighted by atomic mass is 9.78. The monoisotopic (exact) mass is 436 g/mol. The Kier molecular flexibility index (Phi) is 8.20. The first kappa shape index (κ1) is 23.7. The molecule has 32 heavy (non-hydrogen) atoms. The molecule has 0 fully saturated rings. The van der Waals surface area contributed by atoms with Gasteiger partial charge in [-0.3, -0.25) is 9.78 Å². The first-order valence-electron chi connectivity index (χ1n) is 11.0. The van der Waals surface area contributed by atoms with E-state index < -0.39 is 5.41 Å². The predicted molar refractivity (Wildman–Crippen MR) is 126 cm³/mol. The zero-order chi connectivity index (χ0) is 23.0. The molecule has 0 aliphatic carbocycles. The molecule has 0 aliphatic heterocycles. The van der Waals surface area contributed by atoms with E-state index in [1.165, 1.54) is 7.11 Å². The fraction of sp³-hybridized carbons (Fsp3) is 0.385.